The van der Waals surface area contributed by atoms with Gasteiger partial charge in [0.15, 0.2) is 0 Å². The molecule has 0 radical (unpaired) electrons. The SMILES string of the molecule is CC(C)c1nn(C)cc1NC(=O)NC(C)(C)C(=O)O. The molecule has 7 nitrogen and oxygen atoms in total. The summed E-state index contributed by atoms with van der Waals surface area (Å²) in [6.07, 6.45) is 1.68. The molecule has 0 aliphatic rings. The first-order chi connectivity index (χ1) is 8.63. The van der Waals surface area contributed by atoms with Crippen LogP contribution in [-0.2, 0) is 11.8 Å². The van der Waals surface area contributed by atoms with Gasteiger partial charge in [0, 0.05) is 13.2 Å². The molecule has 0 spiro atoms. The molecule has 0 unspecified atom stereocenters. The lowest BCUT2D eigenvalue weighted by Crippen LogP contribution is -2.51. The fraction of sp³-hybridized carbons (Fsp3) is 0.583. The average molecular weight is 268 g/mol. The number of amides is 2. The number of urea groups is 1. The van der Waals surface area contributed by atoms with E-state index in [1.807, 2.05) is 13.8 Å². The zero-order valence-corrected chi connectivity index (χ0v) is 11.8. The second kappa shape index (κ2) is 5.29. The number of carbonyl (C=O) groups excluding carboxylic acids is 1. The molecule has 19 heavy (non-hydrogen) atoms. The normalized spacial score (nSPS) is 11.5. The summed E-state index contributed by atoms with van der Waals surface area (Å²) >= 11 is 0. The summed E-state index contributed by atoms with van der Waals surface area (Å²) in [5.41, 5.74) is 0.00608. The van der Waals surface area contributed by atoms with E-state index in [4.69, 9.17) is 5.11 Å². The second-order valence-corrected chi connectivity index (χ2v) is 5.27. The first-order valence-electron chi connectivity index (χ1n) is 5.99. The van der Waals surface area contributed by atoms with Crippen LogP contribution in [0.25, 0.3) is 0 Å². The summed E-state index contributed by atoms with van der Waals surface area (Å²) in [6, 6.07) is -0.567. The van der Waals surface area contributed by atoms with Gasteiger partial charge in [-0.25, -0.2) is 9.59 Å². The Labute approximate surface area is 112 Å². The van der Waals surface area contributed by atoms with Crippen LogP contribution in [0.4, 0.5) is 10.5 Å². The Morgan fingerprint density at radius 2 is 2.00 bits per heavy atom. The van der Waals surface area contributed by atoms with Crippen molar-refractivity contribution in [1.29, 1.82) is 0 Å². The van der Waals surface area contributed by atoms with Crippen molar-refractivity contribution in [2.75, 3.05) is 5.32 Å². The smallest absolute Gasteiger partial charge is 0.328 e. The van der Waals surface area contributed by atoms with Gasteiger partial charge in [0.25, 0.3) is 0 Å². The molecular weight excluding hydrogens is 248 g/mol. The van der Waals surface area contributed by atoms with Crippen LogP contribution in [0.5, 0.6) is 0 Å². The monoisotopic (exact) mass is 268 g/mol. The minimum atomic E-state index is -1.33. The lowest BCUT2D eigenvalue weighted by molar-refractivity contribution is -0.142. The van der Waals surface area contributed by atoms with Crippen molar-refractivity contribution in [2.45, 2.75) is 39.2 Å². The maximum atomic E-state index is 11.8. The summed E-state index contributed by atoms with van der Waals surface area (Å²) in [5, 5.41) is 18.2. The molecular formula is C12H20N4O3. The Kier molecular flexibility index (Phi) is 4.18. The van der Waals surface area contributed by atoms with Crippen LogP contribution in [0, 0.1) is 0 Å². The summed E-state index contributed by atoms with van der Waals surface area (Å²) in [7, 11) is 1.76. The van der Waals surface area contributed by atoms with Gasteiger partial charge in [-0.15, -0.1) is 0 Å². The van der Waals surface area contributed by atoms with Gasteiger partial charge < -0.3 is 15.7 Å². The Hall–Kier alpha value is -2.05. The molecule has 7 heteroatoms. The molecule has 1 aromatic rings. The Balaban J connectivity index is 2.81. The van der Waals surface area contributed by atoms with E-state index in [0.29, 0.717) is 5.69 Å². The molecule has 106 valence electrons. The van der Waals surface area contributed by atoms with Crippen LogP contribution in [0.1, 0.15) is 39.3 Å². The van der Waals surface area contributed by atoms with Gasteiger partial charge in [0.1, 0.15) is 5.54 Å². The third-order valence-electron chi connectivity index (χ3n) is 2.61. The van der Waals surface area contributed by atoms with E-state index in [0.717, 1.165) is 5.69 Å². The molecule has 0 atom stereocenters. The Morgan fingerprint density at radius 1 is 1.42 bits per heavy atom. The molecule has 0 saturated heterocycles. The highest BCUT2D eigenvalue weighted by molar-refractivity contribution is 5.93. The zero-order chi connectivity index (χ0) is 14.8. The van der Waals surface area contributed by atoms with Gasteiger partial charge in [-0.3, -0.25) is 4.68 Å². The number of carboxylic acids is 1. The maximum absolute atomic E-state index is 11.8. The number of carboxylic acid groups (broad SMARTS) is 1. The number of nitrogens with one attached hydrogen (secondary N) is 2. The van der Waals surface area contributed by atoms with Crippen LogP contribution < -0.4 is 10.6 Å². The molecule has 0 aliphatic heterocycles. The van der Waals surface area contributed by atoms with E-state index in [1.165, 1.54) is 13.8 Å². The molecule has 0 fully saturated rings. The molecule has 1 aromatic heterocycles. The summed E-state index contributed by atoms with van der Waals surface area (Å²) in [5.74, 6) is -0.943. The van der Waals surface area contributed by atoms with E-state index in [2.05, 4.69) is 15.7 Å². The van der Waals surface area contributed by atoms with Gasteiger partial charge in [-0.1, -0.05) is 13.8 Å². The number of aryl methyl sites for hydroxylation is 1. The fourth-order valence-electron chi connectivity index (χ4n) is 1.52. The van der Waals surface area contributed by atoms with E-state index in [1.54, 1.807) is 17.9 Å². The van der Waals surface area contributed by atoms with Crippen LogP contribution in [0.15, 0.2) is 6.20 Å². The fourth-order valence-corrected chi connectivity index (χ4v) is 1.52. The van der Waals surface area contributed by atoms with Gasteiger partial charge in [-0.05, 0) is 19.8 Å². The summed E-state index contributed by atoms with van der Waals surface area (Å²) < 4.78 is 1.60. The number of aliphatic carboxylic acids is 1. The van der Waals surface area contributed by atoms with Crippen LogP contribution >= 0.6 is 0 Å². The third kappa shape index (κ3) is 3.70. The van der Waals surface area contributed by atoms with Gasteiger partial charge >= 0.3 is 12.0 Å². The molecule has 0 saturated carbocycles. The van der Waals surface area contributed by atoms with Crippen molar-refractivity contribution in [2.24, 2.45) is 7.05 Å². The summed E-state index contributed by atoms with van der Waals surface area (Å²) in [4.78, 5) is 22.7. The van der Waals surface area contributed by atoms with E-state index < -0.39 is 17.5 Å². The highest BCUT2D eigenvalue weighted by atomic mass is 16.4. The number of hydrogen-bond donors (Lipinski definition) is 3. The topological polar surface area (TPSA) is 96.3 Å². The Bertz CT molecular complexity index is 491. The number of nitrogens with zero attached hydrogens (tertiary/aromatic N) is 2. The molecule has 3 N–H and O–H groups in total. The molecule has 0 bridgehead atoms. The summed E-state index contributed by atoms with van der Waals surface area (Å²) in [6.45, 7) is 6.77. The highest BCUT2D eigenvalue weighted by Crippen LogP contribution is 2.22. The van der Waals surface area contributed by atoms with Gasteiger partial charge in [0.2, 0.25) is 0 Å². The molecule has 1 rings (SSSR count). The van der Waals surface area contributed by atoms with Crippen molar-refractivity contribution < 1.29 is 14.7 Å². The lowest BCUT2D eigenvalue weighted by Gasteiger charge is -2.21. The first-order valence-corrected chi connectivity index (χ1v) is 5.99. The van der Waals surface area contributed by atoms with E-state index >= 15 is 0 Å². The van der Waals surface area contributed by atoms with Crippen molar-refractivity contribution in [3.63, 3.8) is 0 Å². The van der Waals surface area contributed by atoms with Crippen LogP contribution in [0.3, 0.4) is 0 Å². The zero-order valence-electron chi connectivity index (χ0n) is 11.8. The molecule has 0 aromatic carbocycles. The van der Waals surface area contributed by atoms with Gasteiger partial charge in [0.05, 0.1) is 11.4 Å². The molecule has 1 heterocycles. The van der Waals surface area contributed by atoms with Crippen LogP contribution in [0.2, 0.25) is 0 Å². The largest absolute Gasteiger partial charge is 0.480 e. The highest BCUT2D eigenvalue weighted by Gasteiger charge is 2.29. The van der Waals surface area contributed by atoms with Crippen molar-refractivity contribution in [3.8, 4) is 0 Å². The van der Waals surface area contributed by atoms with Crippen molar-refractivity contribution in [1.82, 2.24) is 15.1 Å². The van der Waals surface area contributed by atoms with E-state index in [9.17, 15) is 9.59 Å². The number of carbonyl (C=O) groups is 2. The number of hydrogen-bond acceptors (Lipinski definition) is 3. The predicted molar refractivity (Wildman–Crippen MR) is 71.2 cm³/mol. The standard InChI is InChI=1S/C12H20N4O3/c1-7(2)9-8(6-16(5)15-9)13-11(19)14-12(3,4)10(17)18/h6-7H,1-5H3,(H,17,18)(H2,13,14,19). The number of aromatic nitrogens is 2. The number of anilines is 1. The third-order valence-corrected chi connectivity index (χ3v) is 2.61. The lowest BCUT2D eigenvalue weighted by atomic mass is 10.1. The molecule has 0 aliphatic carbocycles. The minimum absolute atomic E-state index is 0.156. The first kappa shape index (κ1) is 15.0. The van der Waals surface area contributed by atoms with Gasteiger partial charge in [-0.2, -0.15) is 5.10 Å². The van der Waals surface area contributed by atoms with Crippen molar-refractivity contribution in [3.05, 3.63) is 11.9 Å². The predicted octanol–water partition coefficient (Wildman–Crippen LogP) is 1.53. The Morgan fingerprint density at radius 3 is 2.47 bits per heavy atom. The maximum Gasteiger partial charge on any atom is 0.328 e. The van der Waals surface area contributed by atoms with E-state index in [-0.39, 0.29) is 5.92 Å². The van der Waals surface area contributed by atoms with Crippen LogP contribution in [-0.4, -0.2) is 32.4 Å². The molecule has 2 amide bonds. The quantitative estimate of drug-likeness (QED) is 0.771. The minimum Gasteiger partial charge on any atom is -0.480 e. The second-order valence-electron chi connectivity index (χ2n) is 5.27. The van der Waals surface area contributed by atoms with Crippen molar-refractivity contribution >= 4 is 17.7 Å². The number of rotatable bonds is 4. The average Bonchev–Trinajstić information content (AvgIpc) is 2.58.